The molecule has 0 atom stereocenters. The highest BCUT2D eigenvalue weighted by atomic mass is 16.7. The molecule has 1 amide bonds. The zero-order valence-electron chi connectivity index (χ0n) is 17.7. The first-order valence-electron chi connectivity index (χ1n) is 10.5. The summed E-state index contributed by atoms with van der Waals surface area (Å²) in [5.74, 6) is 1.45. The van der Waals surface area contributed by atoms with Gasteiger partial charge in [-0.25, -0.2) is 18.9 Å². The number of nitrogens with one attached hydrogen (secondary N) is 1. The van der Waals surface area contributed by atoms with Crippen LogP contribution in [0.5, 0.6) is 23.1 Å². The van der Waals surface area contributed by atoms with Crippen LogP contribution in [-0.2, 0) is 11.3 Å². The van der Waals surface area contributed by atoms with Crippen molar-refractivity contribution in [2.45, 2.75) is 6.54 Å². The summed E-state index contributed by atoms with van der Waals surface area (Å²) in [6, 6.07) is 21.3. The van der Waals surface area contributed by atoms with E-state index in [-0.39, 0.29) is 24.9 Å². The van der Waals surface area contributed by atoms with Gasteiger partial charge in [-0.3, -0.25) is 4.79 Å². The molecule has 0 saturated heterocycles. The Bertz CT molecular complexity index is 1610. The molecule has 0 bridgehead atoms. The van der Waals surface area contributed by atoms with Gasteiger partial charge in [0.15, 0.2) is 11.5 Å². The summed E-state index contributed by atoms with van der Waals surface area (Å²) in [5, 5.41) is 7.13. The molecule has 6 rings (SSSR count). The van der Waals surface area contributed by atoms with Crippen molar-refractivity contribution in [3.05, 3.63) is 83.3 Å². The largest absolute Gasteiger partial charge is 0.454 e. The average molecular weight is 455 g/mol. The van der Waals surface area contributed by atoms with E-state index in [9.17, 15) is 9.59 Å². The number of aromatic nitrogens is 4. The van der Waals surface area contributed by atoms with Crippen LogP contribution < -0.4 is 25.2 Å². The van der Waals surface area contributed by atoms with Crippen molar-refractivity contribution >= 4 is 28.3 Å². The van der Waals surface area contributed by atoms with Crippen LogP contribution in [-0.4, -0.2) is 31.9 Å². The predicted octanol–water partition coefficient (Wildman–Crippen LogP) is 3.20. The van der Waals surface area contributed by atoms with Gasteiger partial charge in [-0.15, -0.1) is 5.10 Å². The molecule has 5 aromatic rings. The molecule has 3 heterocycles. The molecule has 0 unspecified atom stereocenters. The van der Waals surface area contributed by atoms with E-state index < -0.39 is 11.6 Å². The lowest BCUT2D eigenvalue weighted by atomic mass is 10.3. The molecule has 34 heavy (non-hydrogen) atoms. The highest BCUT2D eigenvalue weighted by Gasteiger charge is 2.20. The smallest absolute Gasteiger partial charge is 0.351 e. The van der Waals surface area contributed by atoms with E-state index in [1.54, 1.807) is 48.5 Å². The second kappa shape index (κ2) is 7.93. The minimum absolute atomic E-state index is 0.138. The zero-order valence-corrected chi connectivity index (χ0v) is 17.7. The lowest BCUT2D eigenvalue weighted by Crippen LogP contribution is -2.28. The highest BCUT2D eigenvalue weighted by molar-refractivity contribution is 5.91. The lowest BCUT2D eigenvalue weighted by Gasteiger charge is -2.07. The first-order valence-corrected chi connectivity index (χ1v) is 10.5. The van der Waals surface area contributed by atoms with Crippen LogP contribution in [0.15, 0.2) is 77.6 Å². The number of hydrogen-bond acceptors (Lipinski definition) is 7. The van der Waals surface area contributed by atoms with Crippen molar-refractivity contribution in [3.8, 4) is 23.1 Å². The summed E-state index contributed by atoms with van der Waals surface area (Å²) >= 11 is 0. The van der Waals surface area contributed by atoms with Crippen LogP contribution in [0.4, 0.5) is 5.69 Å². The molecule has 0 saturated carbocycles. The van der Waals surface area contributed by atoms with Crippen LogP contribution in [0.3, 0.4) is 0 Å². The van der Waals surface area contributed by atoms with Crippen LogP contribution in [0.25, 0.3) is 16.7 Å². The highest BCUT2D eigenvalue weighted by Crippen LogP contribution is 2.34. The van der Waals surface area contributed by atoms with Gasteiger partial charge < -0.3 is 19.5 Å². The van der Waals surface area contributed by atoms with E-state index in [1.165, 1.54) is 4.40 Å². The molecule has 1 aliphatic heterocycles. The zero-order chi connectivity index (χ0) is 23.1. The van der Waals surface area contributed by atoms with Crippen LogP contribution in [0, 0.1) is 0 Å². The van der Waals surface area contributed by atoms with Crippen molar-refractivity contribution in [2.75, 3.05) is 12.1 Å². The van der Waals surface area contributed by atoms with E-state index in [0.29, 0.717) is 34.0 Å². The summed E-state index contributed by atoms with van der Waals surface area (Å²) in [6.45, 7) is -0.160. The molecular formula is C24H17N5O5. The molecule has 168 valence electrons. The maximum atomic E-state index is 13.3. The molecule has 0 fully saturated rings. The van der Waals surface area contributed by atoms with Gasteiger partial charge >= 0.3 is 5.69 Å². The van der Waals surface area contributed by atoms with E-state index >= 15 is 0 Å². The van der Waals surface area contributed by atoms with Gasteiger partial charge in [0.25, 0.3) is 5.88 Å². The molecule has 3 aromatic carbocycles. The Balaban J connectivity index is 1.37. The Morgan fingerprint density at radius 1 is 1.00 bits per heavy atom. The van der Waals surface area contributed by atoms with Crippen molar-refractivity contribution in [3.63, 3.8) is 0 Å². The third-order valence-electron chi connectivity index (χ3n) is 5.28. The number of fused-ring (bicyclic) bond motifs is 4. The van der Waals surface area contributed by atoms with Crippen molar-refractivity contribution in [1.82, 2.24) is 19.2 Å². The SMILES string of the molecule is O=C(Cn1nc2c(Oc3ccccc3)nc3ccccc3n2c1=O)Nc1ccc2c(c1)OCO2. The van der Waals surface area contributed by atoms with Gasteiger partial charge in [0.2, 0.25) is 18.3 Å². The van der Waals surface area contributed by atoms with Gasteiger partial charge in [0, 0.05) is 11.8 Å². The summed E-state index contributed by atoms with van der Waals surface area (Å²) in [7, 11) is 0. The quantitative estimate of drug-likeness (QED) is 0.433. The molecule has 1 aliphatic rings. The van der Waals surface area contributed by atoms with Gasteiger partial charge in [0.1, 0.15) is 12.3 Å². The summed E-state index contributed by atoms with van der Waals surface area (Å²) < 4.78 is 19.0. The minimum atomic E-state index is -0.479. The molecule has 10 nitrogen and oxygen atoms in total. The van der Waals surface area contributed by atoms with Crippen molar-refractivity contribution in [2.24, 2.45) is 0 Å². The lowest BCUT2D eigenvalue weighted by molar-refractivity contribution is -0.117. The molecule has 0 radical (unpaired) electrons. The number of para-hydroxylation sites is 3. The number of rotatable bonds is 5. The molecule has 1 N–H and O–H groups in total. The number of nitrogens with zero attached hydrogens (tertiary/aromatic N) is 4. The fourth-order valence-corrected chi connectivity index (χ4v) is 3.75. The maximum absolute atomic E-state index is 13.3. The summed E-state index contributed by atoms with van der Waals surface area (Å²) in [6.07, 6.45) is 0. The normalized spacial score (nSPS) is 12.2. The Morgan fingerprint density at radius 3 is 2.68 bits per heavy atom. The van der Waals surface area contributed by atoms with Gasteiger partial charge in [-0.1, -0.05) is 30.3 Å². The maximum Gasteiger partial charge on any atom is 0.351 e. The number of carbonyl (C=O) groups is 1. The Kier molecular flexibility index (Phi) is 4.61. The molecule has 0 aliphatic carbocycles. The van der Waals surface area contributed by atoms with E-state index in [0.717, 1.165) is 4.68 Å². The van der Waals surface area contributed by atoms with Gasteiger partial charge in [-0.05, 0) is 36.4 Å². The van der Waals surface area contributed by atoms with Crippen LogP contribution in [0.1, 0.15) is 0 Å². The number of hydrogen-bond donors (Lipinski definition) is 1. The molecule has 2 aromatic heterocycles. The second-order valence-corrected chi connectivity index (χ2v) is 7.54. The fraction of sp³-hybridized carbons (Fsp3) is 0.0833. The summed E-state index contributed by atoms with van der Waals surface area (Å²) in [4.78, 5) is 30.5. The van der Waals surface area contributed by atoms with Gasteiger partial charge in [0.05, 0.1) is 11.0 Å². The molecular weight excluding hydrogens is 438 g/mol. The van der Waals surface area contributed by atoms with E-state index in [4.69, 9.17) is 14.2 Å². The number of amides is 1. The third-order valence-corrected chi connectivity index (χ3v) is 5.28. The Morgan fingerprint density at radius 2 is 1.79 bits per heavy atom. The van der Waals surface area contributed by atoms with Gasteiger partial charge in [-0.2, -0.15) is 0 Å². The second-order valence-electron chi connectivity index (χ2n) is 7.54. The topological polar surface area (TPSA) is 109 Å². The number of ether oxygens (including phenoxy) is 3. The predicted molar refractivity (Wildman–Crippen MR) is 122 cm³/mol. The number of benzene rings is 3. The van der Waals surface area contributed by atoms with Crippen molar-refractivity contribution < 1.29 is 19.0 Å². The van der Waals surface area contributed by atoms with Crippen LogP contribution in [0.2, 0.25) is 0 Å². The van der Waals surface area contributed by atoms with E-state index in [2.05, 4.69) is 15.4 Å². The average Bonchev–Trinajstić information content (AvgIpc) is 3.44. The van der Waals surface area contributed by atoms with E-state index in [1.807, 2.05) is 24.3 Å². The number of carbonyl (C=O) groups excluding carboxylic acids is 1. The fourth-order valence-electron chi connectivity index (χ4n) is 3.75. The Hall–Kier alpha value is -4.86. The first-order chi connectivity index (χ1) is 16.7. The molecule has 0 spiro atoms. The first kappa shape index (κ1) is 19.8. The monoisotopic (exact) mass is 455 g/mol. The third kappa shape index (κ3) is 3.47. The minimum Gasteiger partial charge on any atom is -0.454 e. The summed E-state index contributed by atoms with van der Waals surface area (Å²) in [5.41, 5.74) is 1.37. The Labute approximate surface area is 191 Å². The standard InChI is InChI=1S/C24H17N5O5/c30-21(25-15-10-11-19-20(12-15)33-14-32-19)13-28-24(31)29-18-9-5-4-8-17(18)26-23(22(29)27-28)34-16-6-2-1-3-7-16/h1-12H,13-14H2,(H,25,30). The van der Waals surface area contributed by atoms with Crippen molar-refractivity contribution in [1.29, 1.82) is 0 Å². The van der Waals surface area contributed by atoms with Crippen LogP contribution >= 0.6 is 0 Å². The number of anilines is 1. The molecule has 10 heteroatoms.